The summed E-state index contributed by atoms with van der Waals surface area (Å²) in [6.45, 7) is 5.71. The lowest BCUT2D eigenvalue weighted by Gasteiger charge is -2.30. The minimum atomic E-state index is -2.41. The number of carbonyl (C=O) groups excluding carboxylic acids is 1. The summed E-state index contributed by atoms with van der Waals surface area (Å²) < 4.78 is 28.7. The number of carbonyl (C=O) groups is 1. The molecule has 0 bridgehead atoms. The van der Waals surface area contributed by atoms with E-state index in [4.69, 9.17) is 4.74 Å². The molecule has 0 saturated heterocycles. The zero-order valence-electron chi connectivity index (χ0n) is 16.4. The van der Waals surface area contributed by atoms with Crippen molar-refractivity contribution in [3.8, 4) is 0 Å². The lowest BCUT2D eigenvalue weighted by Crippen LogP contribution is -2.45. The van der Waals surface area contributed by atoms with Crippen LogP contribution in [-0.2, 0) is 27.2 Å². The third-order valence-corrected chi connectivity index (χ3v) is 5.64. The first-order valence-corrected chi connectivity index (χ1v) is 10.0. The molecule has 28 heavy (non-hydrogen) atoms. The number of nitrogens with zero attached hydrogens (tertiary/aromatic N) is 1. The SMILES string of the molecule is COC(=O)[C@@H](Cc1c[nH]c2ccccc12)N(c1c(C)cc(C)cc1C)S(=O)O. The van der Waals surface area contributed by atoms with Crippen LogP contribution in [-0.4, -0.2) is 32.9 Å². The van der Waals surface area contributed by atoms with Crippen LogP contribution in [0.25, 0.3) is 10.9 Å². The predicted octanol–water partition coefficient (Wildman–Crippen LogP) is 3.82. The van der Waals surface area contributed by atoms with Gasteiger partial charge in [-0.2, -0.15) is 0 Å². The molecular weight excluding hydrogens is 376 g/mol. The number of H-pyrrole nitrogens is 1. The van der Waals surface area contributed by atoms with Crippen LogP contribution >= 0.6 is 0 Å². The van der Waals surface area contributed by atoms with E-state index in [0.29, 0.717) is 5.69 Å². The Bertz CT molecular complexity index is 1020. The van der Waals surface area contributed by atoms with E-state index in [-0.39, 0.29) is 6.42 Å². The predicted molar refractivity (Wildman–Crippen MR) is 112 cm³/mol. The summed E-state index contributed by atoms with van der Waals surface area (Å²) in [5.41, 5.74) is 5.10. The minimum absolute atomic E-state index is 0.232. The molecule has 6 nitrogen and oxygen atoms in total. The fraction of sp³-hybridized carbons (Fsp3) is 0.286. The van der Waals surface area contributed by atoms with Crippen LogP contribution in [0.3, 0.4) is 0 Å². The lowest BCUT2D eigenvalue weighted by molar-refractivity contribution is -0.141. The van der Waals surface area contributed by atoms with Crippen LogP contribution in [0.15, 0.2) is 42.6 Å². The summed E-state index contributed by atoms with van der Waals surface area (Å²) in [6.07, 6.45) is 2.06. The Morgan fingerprint density at radius 3 is 2.46 bits per heavy atom. The Kier molecular flexibility index (Phi) is 5.86. The molecule has 7 heteroatoms. The summed E-state index contributed by atoms with van der Waals surface area (Å²) in [7, 11) is 1.29. The molecule has 0 amide bonds. The molecule has 0 radical (unpaired) electrons. The summed E-state index contributed by atoms with van der Waals surface area (Å²) in [4.78, 5) is 15.8. The number of ether oxygens (including phenoxy) is 1. The Labute approximate surface area is 166 Å². The molecular formula is C21H24N2O4S. The van der Waals surface area contributed by atoms with Crippen LogP contribution in [0.2, 0.25) is 0 Å². The van der Waals surface area contributed by atoms with Gasteiger partial charge in [-0.15, -0.1) is 0 Å². The van der Waals surface area contributed by atoms with E-state index in [1.807, 2.05) is 63.4 Å². The first-order valence-electron chi connectivity index (χ1n) is 8.94. The maximum absolute atomic E-state index is 12.7. The molecule has 0 aliphatic carbocycles. The highest BCUT2D eigenvalue weighted by molar-refractivity contribution is 7.80. The Balaban J connectivity index is 2.11. The molecule has 2 atom stereocenters. The van der Waals surface area contributed by atoms with E-state index in [1.54, 1.807) is 0 Å². The molecule has 3 rings (SSSR count). The van der Waals surface area contributed by atoms with Gasteiger partial charge in [0.05, 0.1) is 12.8 Å². The van der Waals surface area contributed by atoms with E-state index >= 15 is 0 Å². The first kappa shape index (κ1) is 20.1. The number of anilines is 1. The molecule has 3 aromatic rings. The van der Waals surface area contributed by atoms with Gasteiger partial charge in [0, 0.05) is 23.5 Å². The smallest absolute Gasteiger partial charge is 0.330 e. The quantitative estimate of drug-likeness (QED) is 0.487. The van der Waals surface area contributed by atoms with E-state index in [2.05, 4.69) is 4.98 Å². The van der Waals surface area contributed by atoms with Crippen molar-refractivity contribution >= 4 is 33.8 Å². The maximum atomic E-state index is 12.7. The second-order valence-corrected chi connectivity index (χ2v) is 7.76. The summed E-state index contributed by atoms with van der Waals surface area (Å²) in [6, 6.07) is 10.7. The van der Waals surface area contributed by atoms with Gasteiger partial charge >= 0.3 is 5.97 Å². The number of aromatic nitrogens is 1. The van der Waals surface area contributed by atoms with Gasteiger partial charge in [0.2, 0.25) is 0 Å². The molecule has 1 unspecified atom stereocenters. The van der Waals surface area contributed by atoms with Crippen LogP contribution in [0.4, 0.5) is 5.69 Å². The molecule has 0 aliphatic heterocycles. The zero-order valence-corrected chi connectivity index (χ0v) is 17.2. The van der Waals surface area contributed by atoms with Crippen molar-refractivity contribution in [3.63, 3.8) is 0 Å². The number of benzene rings is 2. The van der Waals surface area contributed by atoms with Gasteiger partial charge in [-0.1, -0.05) is 35.9 Å². The second-order valence-electron chi connectivity index (χ2n) is 6.91. The number of fused-ring (bicyclic) bond motifs is 1. The zero-order chi connectivity index (χ0) is 20.4. The molecule has 2 aromatic carbocycles. The van der Waals surface area contributed by atoms with Gasteiger partial charge in [-0.25, -0.2) is 9.00 Å². The van der Waals surface area contributed by atoms with Gasteiger partial charge in [-0.3, -0.25) is 8.86 Å². The van der Waals surface area contributed by atoms with Gasteiger partial charge in [0.25, 0.3) is 11.3 Å². The minimum Gasteiger partial charge on any atom is -0.467 e. The van der Waals surface area contributed by atoms with Gasteiger partial charge < -0.3 is 9.72 Å². The van der Waals surface area contributed by atoms with Crippen molar-refractivity contribution in [1.29, 1.82) is 0 Å². The molecule has 148 valence electrons. The normalized spacial score (nSPS) is 13.3. The van der Waals surface area contributed by atoms with Crippen molar-refractivity contribution in [2.75, 3.05) is 11.4 Å². The number of hydrogen-bond donors (Lipinski definition) is 2. The van der Waals surface area contributed by atoms with Crippen molar-refractivity contribution in [3.05, 3.63) is 64.8 Å². The maximum Gasteiger partial charge on any atom is 0.330 e. The average molecular weight is 401 g/mol. The molecule has 0 aliphatic rings. The first-order chi connectivity index (χ1) is 13.3. The number of rotatable bonds is 6. The second kappa shape index (κ2) is 8.16. The fourth-order valence-corrected chi connectivity index (χ4v) is 4.59. The fourth-order valence-electron chi connectivity index (χ4n) is 3.77. The van der Waals surface area contributed by atoms with Crippen molar-refractivity contribution < 1.29 is 18.3 Å². The Morgan fingerprint density at radius 1 is 1.21 bits per heavy atom. The van der Waals surface area contributed by atoms with Crippen LogP contribution in [0.5, 0.6) is 0 Å². The number of aryl methyl sites for hydroxylation is 3. The molecule has 0 fully saturated rings. The highest BCUT2D eigenvalue weighted by atomic mass is 32.2. The third kappa shape index (κ3) is 3.81. The number of hydrogen-bond acceptors (Lipinski definition) is 3. The van der Waals surface area contributed by atoms with Crippen molar-refractivity contribution in [2.24, 2.45) is 0 Å². The molecule has 0 saturated carbocycles. The average Bonchev–Trinajstić information content (AvgIpc) is 3.05. The third-order valence-electron chi connectivity index (χ3n) is 4.87. The molecule has 2 N–H and O–H groups in total. The lowest BCUT2D eigenvalue weighted by atomic mass is 10.0. The number of methoxy groups -OCH3 is 1. The number of esters is 1. The number of aromatic amines is 1. The van der Waals surface area contributed by atoms with Crippen molar-refractivity contribution in [1.82, 2.24) is 4.98 Å². The van der Waals surface area contributed by atoms with Gasteiger partial charge in [0.1, 0.15) is 6.04 Å². The molecule has 0 spiro atoms. The largest absolute Gasteiger partial charge is 0.467 e. The summed E-state index contributed by atoms with van der Waals surface area (Å²) in [5, 5.41) is 0.970. The van der Waals surface area contributed by atoms with Crippen LogP contribution < -0.4 is 4.31 Å². The van der Waals surface area contributed by atoms with E-state index < -0.39 is 23.3 Å². The highest BCUT2D eigenvalue weighted by Crippen LogP contribution is 2.31. The topological polar surface area (TPSA) is 82.6 Å². The standard InChI is InChI=1S/C21H24N2O4S/c1-13-9-14(2)20(15(3)10-13)23(28(25)26)19(21(24)27-4)11-16-12-22-18-8-6-5-7-17(16)18/h5-10,12,19,22H,11H2,1-4H3,(H,25,26)/t19-/m1/s1. The van der Waals surface area contributed by atoms with E-state index in [9.17, 15) is 13.6 Å². The summed E-state index contributed by atoms with van der Waals surface area (Å²) in [5.74, 6) is -0.563. The molecule has 1 heterocycles. The van der Waals surface area contributed by atoms with Gasteiger partial charge in [0.15, 0.2) is 0 Å². The monoisotopic (exact) mass is 400 g/mol. The number of para-hydroxylation sites is 1. The highest BCUT2D eigenvalue weighted by Gasteiger charge is 2.33. The van der Waals surface area contributed by atoms with E-state index in [1.165, 1.54) is 11.4 Å². The van der Waals surface area contributed by atoms with Crippen LogP contribution in [0, 0.1) is 20.8 Å². The molecule has 1 aromatic heterocycles. The summed E-state index contributed by atoms with van der Waals surface area (Å²) >= 11 is -2.41. The Hall–Kier alpha value is -2.64. The van der Waals surface area contributed by atoms with Gasteiger partial charge in [-0.05, 0) is 43.5 Å². The number of nitrogens with one attached hydrogen (secondary N) is 1. The van der Waals surface area contributed by atoms with E-state index in [0.717, 1.165) is 33.2 Å². The Morgan fingerprint density at radius 2 is 1.86 bits per heavy atom. The van der Waals surface area contributed by atoms with Crippen LogP contribution in [0.1, 0.15) is 22.3 Å². The van der Waals surface area contributed by atoms with Crippen molar-refractivity contribution in [2.45, 2.75) is 33.2 Å².